The third-order valence-electron chi connectivity index (χ3n) is 3.51. The van der Waals surface area contributed by atoms with Crippen LogP contribution in [-0.4, -0.2) is 9.97 Å². The van der Waals surface area contributed by atoms with E-state index in [0.29, 0.717) is 6.61 Å². The van der Waals surface area contributed by atoms with Crippen LogP contribution < -0.4 is 4.74 Å². The summed E-state index contributed by atoms with van der Waals surface area (Å²) < 4.78 is 5.77. The zero-order valence-corrected chi connectivity index (χ0v) is 12.0. The van der Waals surface area contributed by atoms with Crippen molar-refractivity contribution in [3.8, 4) is 5.75 Å². The van der Waals surface area contributed by atoms with Gasteiger partial charge in [-0.2, -0.15) is 0 Å². The van der Waals surface area contributed by atoms with E-state index in [1.807, 2.05) is 18.2 Å². The highest BCUT2D eigenvalue weighted by Gasteiger charge is 2.05. The Kier molecular flexibility index (Phi) is 3.18. The molecule has 1 aromatic heterocycles. The van der Waals surface area contributed by atoms with Gasteiger partial charge in [-0.3, -0.25) is 0 Å². The molecule has 0 unspecified atom stereocenters. The predicted molar refractivity (Wildman–Crippen MR) is 81.1 cm³/mol. The Morgan fingerprint density at radius 1 is 1.05 bits per heavy atom. The van der Waals surface area contributed by atoms with Crippen LogP contribution in [0, 0.1) is 20.8 Å². The van der Waals surface area contributed by atoms with Gasteiger partial charge in [-0.15, -0.1) is 0 Å². The number of aryl methyl sites for hydroxylation is 3. The van der Waals surface area contributed by atoms with Crippen molar-refractivity contribution in [1.29, 1.82) is 0 Å². The summed E-state index contributed by atoms with van der Waals surface area (Å²) in [6.07, 6.45) is 0. The molecule has 0 fully saturated rings. The first-order valence-corrected chi connectivity index (χ1v) is 6.77. The number of benzene rings is 2. The third kappa shape index (κ3) is 2.52. The molecule has 1 N–H and O–H groups in total. The molecule has 20 heavy (non-hydrogen) atoms. The van der Waals surface area contributed by atoms with Crippen LogP contribution in [0.3, 0.4) is 0 Å². The molecule has 0 bridgehead atoms. The van der Waals surface area contributed by atoms with Gasteiger partial charge in [0.05, 0.1) is 11.0 Å². The highest BCUT2D eigenvalue weighted by molar-refractivity contribution is 5.77. The van der Waals surface area contributed by atoms with E-state index in [1.54, 1.807) is 0 Å². The predicted octanol–water partition coefficient (Wildman–Crippen LogP) is 4.07. The average molecular weight is 266 g/mol. The molecule has 3 aromatic rings. The van der Waals surface area contributed by atoms with E-state index in [2.05, 4.69) is 48.9 Å². The molecule has 3 nitrogen and oxygen atoms in total. The van der Waals surface area contributed by atoms with Crippen LogP contribution in [0.25, 0.3) is 11.0 Å². The van der Waals surface area contributed by atoms with Crippen molar-refractivity contribution in [2.45, 2.75) is 27.4 Å². The van der Waals surface area contributed by atoms with Crippen LogP contribution in [0.15, 0.2) is 36.4 Å². The molecule has 0 saturated carbocycles. The molecule has 0 aliphatic carbocycles. The number of hydrogen-bond donors (Lipinski definition) is 1. The van der Waals surface area contributed by atoms with Crippen LogP contribution in [-0.2, 0) is 6.61 Å². The molecule has 0 amide bonds. The second-order valence-electron chi connectivity index (χ2n) is 5.24. The van der Waals surface area contributed by atoms with Gasteiger partial charge in [-0.1, -0.05) is 12.1 Å². The Hall–Kier alpha value is -2.29. The summed E-state index contributed by atoms with van der Waals surface area (Å²) in [6.45, 7) is 6.72. The molecule has 2 aromatic carbocycles. The lowest BCUT2D eigenvalue weighted by Crippen LogP contribution is -1.97. The molecule has 0 spiro atoms. The number of fused-ring (bicyclic) bond motifs is 1. The third-order valence-corrected chi connectivity index (χ3v) is 3.51. The second kappa shape index (κ2) is 5.00. The van der Waals surface area contributed by atoms with Crippen molar-refractivity contribution in [2.24, 2.45) is 0 Å². The summed E-state index contributed by atoms with van der Waals surface area (Å²) in [6, 6.07) is 12.3. The van der Waals surface area contributed by atoms with E-state index in [1.165, 1.54) is 16.7 Å². The zero-order valence-electron chi connectivity index (χ0n) is 12.0. The molecule has 0 atom stereocenters. The highest BCUT2D eigenvalue weighted by atomic mass is 16.5. The Morgan fingerprint density at radius 3 is 2.65 bits per heavy atom. The quantitative estimate of drug-likeness (QED) is 0.776. The maximum atomic E-state index is 5.77. The maximum absolute atomic E-state index is 5.77. The lowest BCUT2D eigenvalue weighted by molar-refractivity contribution is 0.297. The molecule has 102 valence electrons. The van der Waals surface area contributed by atoms with Crippen LogP contribution in [0.1, 0.15) is 22.5 Å². The largest absolute Gasteiger partial charge is 0.486 e. The lowest BCUT2D eigenvalue weighted by atomic mass is 10.1. The minimum absolute atomic E-state index is 0.455. The van der Waals surface area contributed by atoms with Crippen LogP contribution in [0.5, 0.6) is 5.75 Å². The number of aromatic amines is 1. The first kappa shape index (κ1) is 12.7. The number of rotatable bonds is 3. The summed E-state index contributed by atoms with van der Waals surface area (Å²) in [5, 5.41) is 0. The Labute approximate surface area is 118 Å². The fourth-order valence-corrected chi connectivity index (χ4v) is 2.25. The van der Waals surface area contributed by atoms with Gasteiger partial charge < -0.3 is 9.72 Å². The first-order chi connectivity index (χ1) is 9.61. The minimum Gasteiger partial charge on any atom is -0.486 e. The molecule has 0 aliphatic rings. The normalized spacial score (nSPS) is 10.9. The van der Waals surface area contributed by atoms with Gasteiger partial charge in [0.1, 0.15) is 18.2 Å². The van der Waals surface area contributed by atoms with Gasteiger partial charge in [0.15, 0.2) is 0 Å². The van der Waals surface area contributed by atoms with Crippen LogP contribution in [0.2, 0.25) is 0 Å². The molecule has 3 heteroatoms. The summed E-state index contributed by atoms with van der Waals surface area (Å²) in [7, 11) is 0. The molecule has 0 aliphatic heterocycles. The van der Waals surface area contributed by atoms with Gasteiger partial charge in [0.25, 0.3) is 0 Å². The topological polar surface area (TPSA) is 37.9 Å². The molecule has 0 saturated heterocycles. The number of ether oxygens (including phenoxy) is 1. The van der Waals surface area contributed by atoms with Crippen molar-refractivity contribution >= 4 is 11.0 Å². The molecule has 1 heterocycles. The van der Waals surface area contributed by atoms with Crippen molar-refractivity contribution in [3.05, 3.63) is 58.9 Å². The summed E-state index contributed by atoms with van der Waals surface area (Å²) in [5.41, 5.74) is 5.78. The smallest absolute Gasteiger partial charge is 0.146 e. The van der Waals surface area contributed by atoms with E-state index in [0.717, 1.165) is 22.6 Å². The van der Waals surface area contributed by atoms with Crippen LogP contribution in [0.4, 0.5) is 0 Å². The van der Waals surface area contributed by atoms with E-state index in [4.69, 9.17) is 4.74 Å². The van der Waals surface area contributed by atoms with Gasteiger partial charge in [-0.05, 0) is 61.7 Å². The number of aromatic nitrogens is 2. The number of hydrogen-bond acceptors (Lipinski definition) is 2. The molecule has 3 rings (SSSR count). The van der Waals surface area contributed by atoms with Gasteiger partial charge in [0, 0.05) is 0 Å². The summed E-state index contributed by atoms with van der Waals surface area (Å²) >= 11 is 0. The summed E-state index contributed by atoms with van der Waals surface area (Å²) in [4.78, 5) is 7.88. The molecule has 0 radical (unpaired) electrons. The second-order valence-corrected chi connectivity index (χ2v) is 5.24. The minimum atomic E-state index is 0.455. The van der Waals surface area contributed by atoms with Crippen molar-refractivity contribution in [2.75, 3.05) is 0 Å². The number of H-pyrrole nitrogens is 1. The van der Waals surface area contributed by atoms with Crippen molar-refractivity contribution in [3.63, 3.8) is 0 Å². The first-order valence-electron chi connectivity index (χ1n) is 6.77. The Morgan fingerprint density at radius 2 is 1.85 bits per heavy atom. The van der Waals surface area contributed by atoms with E-state index >= 15 is 0 Å². The highest BCUT2D eigenvalue weighted by Crippen LogP contribution is 2.19. The average Bonchev–Trinajstić information content (AvgIpc) is 2.79. The molecular weight excluding hydrogens is 248 g/mol. The molecular formula is C17H18N2O. The van der Waals surface area contributed by atoms with E-state index in [-0.39, 0.29) is 0 Å². The van der Waals surface area contributed by atoms with Crippen molar-refractivity contribution in [1.82, 2.24) is 9.97 Å². The van der Waals surface area contributed by atoms with Crippen LogP contribution >= 0.6 is 0 Å². The van der Waals surface area contributed by atoms with Gasteiger partial charge >= 0.3 is 0 Å². The number of imidazole rings is 1. The van der Waals surface area contributed by atoms with E-state index < -0.39 is 0 Å². The Balaban J connectivity index is 1.81. The zero-order chi connectivity index (χ0) is 14.1. The number of nitrogens with zero attached hydrogens (tertiary/aromatic N) is 1. The summed E-state index contributed by atoms with van der Waals surface area (Å²) in [5.74, 6) is 1.73. The van der Waals surface area contributed by atoms with Gasteiger partial charge in [-0.25, -0.2) is 4.98 Å². The fourth-order valence-electron chi connectivity index (χ4n) is 2.25. The van der Waals surface area contributed by atoms with Crippen molar-refractivity contribution < 1.29 is 4.74 Å². The Bertz CT molecular complexity index is 720. The van der Waals surface area contributed by atoms with Gasteiger partial charge in [0.2, 0.25) is 0 Å². The maximum Gasteiger partial charge on any atom is 0.146 e. The van der Waals surface area contributed by atoms with E-state index in [9.17, 15) is 0 Å². The monoisotopic (exact) mass is 266 g/mol. The fraction of sp³-hybridized carbons (Fsp3) is 0.235. The lowest BCUT2D eigenvalue weighted by Gasteiger charge is -2.04. The number of nitrogens with one attached hydrogen (secondary N) is 1. The SMILES string of the molecule is Cc1cccc(OCc2nc3cc(C)c(C)cc3[nH]2)c1. The standard InChI is InChI=1S/C17H18N2O/c1-11-5-4-6-14(7-11)20-10-17-18-15-8-12(2)13(3)9-16(15)19-17/h4-9H,10H2,1-3H3,(H,18,19).